The van der Waals surface area contributed by atoms with E-state index < -0.39 is 28.4 Å². The van der Waals surface area contributed by atoms with Crippen molar-refractivity contribution < 1.29 is 14.5 Å². The fraction of sp³-hybridized carbons (Fsp3) is 0.0800. The number of non-ortho nitro benzene ring substituents is 1. The molecule has 4 rings (SSSR count). The van der Waals surface area contributed by atoms with Crippen molar-refractivity contribution in [3.05, 3.63) is 98.5 Å². The van der Waals surface area contributed by atoms with Crippen LogP contribution in [-0.4, -0.2) is 33.1 Å². The van der Waals surface area contributed by atoms with Crippen molar-refractivity contribution in [1.29, 1.82) is 0 Å². The third-order valence-electron chi connectivity index (χ3n) is 5.53. The number of nitro benzene ring substituents is 1. The van der Waals surface area contributed by atoms with Gasteiger partial charge in [0.05, 0.1) is 26.7 Å². The van der Waals surface area contributed by atoms with Gasteiger partial charge in [0.25, 0.3) is 11.6 Å². The zero-order valence-corrected chi connectivity index (χ0v) is 22.2. The molecule has 4 N–H and O–H groups in total. The van der Waals surface area contributed by atoms with Crippen LogP contribution in [0, 0.1) is 10.1 Å². The summed E-state index contributed by atoms with van der Waals surface area (Å²) in [6.07, 6.45) is -0.166. The number of thiocarbonyl (C=S) groups is 1. The van der Waals surface area contributed by atoms with Gasteiger partial charge in [0.15, 0.2) is 22.3 Å². The van der Waals surface area contributed by atoms with E-state index in [1.54, 1.807) is 36.4 Å². The number of anilines is 2. The molecule has 0 fully saturated rings. The highest BCUT2D eigenvalue weighted by Gasteiger charge is 2.36. The number of benzene rings is 3. The Morgan fingerprint density at radius 2 is 1.85 bits per heavy atom. The van der Waals surface area contributed by atoms with Crippen LogP contribution < -0.4 is 21.5 Å². The predicted molar refractivity (Wildman–Crippen MR) is 154 cm³/mol. The molecular weight excluding hydrogens is 565 g/mol. The van der Waals surface area contributed by atoms with Crippen LogP contribution in [0.5, 0.6) is 0 Å². The number of para-hydroxylation sites is 1. The zero-order valence-electron chi connectivity index (χ0n) is 19.9. The van der Waals surface area contributed by atoms with Gasteiger partial charge in [-0.15, -0.1) is 0 Å². The zero-order chi connectivity index (χ0) is 28.1. The number of carbonyl (C=O) groups is 2. The molecule has 1 atom stereocenters. The van der Waals surface area contributed by atoms with E-state index in [1.807, 2.05) is 0 Å². The van der Waals surface area contributed by atoms with Crippen molar-refractivity contribution in [3.63, 3.8) is 0 Å². The van der Waals surface area contributed by atoms with Gasteiger partial charge in [0.1, 0.15) is 0 Å². The number of Topliss-reactive ketones (excluding diaryl/α,β-unsaturated/α-hetero) is 1. The second-order valence-electron chi connectivity index (χ2n) is 8.14. The first-order valence-corrected chi connectivity index (χ1v) is 12.4. The number of carbonyl (C=O) groups excluding carboxylic acids is 2. The van der Waals surface area contributed by atoms with E-state index in [0.29, 0.717) is 11.3 Å². The van der Waals surface area contributed by atoms with E-state index in [2.05, 4.69) is 20.9 Å². The fourth-order valence-corrected chi connectivity index (χ4v) is 4.12. The van der Waals surface area contributed by atoms with Gasteiger partial charge < -0.3 is 11.1 Å². The van der Waals surface area contributed by atoms with Crippen molar-refractivity contribution in [2.24, 2.45) is 15.9 Å². The number of rotatable bonds is 7. The number of nitrogens with two attached hydrogens (primary N) is 1. The highest BCUT2D eigenvalue weighted by molar-refractivity contribution is 7.80. The van der Waals surface area contributed by atoms with Gasteiger partial charge in [-0.05, 0) is 48.1 Å². The first kappa shape index (κ1) is 27.6. The Morgan fingerprint density at radius 1 is 1.10 bits per heavy atom. The van der Waals surface area contributed by atoms with Crippen LogP contribution in [0.25, 0.3) is 0 Å². The molecule has 1 aliphatic heterocycles. The van der Waals surface area contributed by atoms with Gasteiger partial charge in [-0.25, -0.2) is 0 Å². The van der Waals surface area contributed by atoms with Crippen LogP contribution in [0.15, 0.2) is 83.0 Å². The predicted octanol–water partition coefficient (Wildman–Crippen LogP) is 4.61. The van der Waals surface area contributed by atoms with E-state index >= 15 is 0 Å². The molecule has 3 aromatic carbocycles. The summed E-state index contributed by atoms with van der Waals surface area (Å²) < 4.78 is 0. The Bertz CT molecular complexity index is 1530. The molecule has 1 amide bonds. The van der Waals surface area contributed by atoms with Crippen molar-refractivity contribution in [2.75, 3.05) is 10.3 Å². The number of hydrazone groups is 2. The molecule has 39 heavy (non-hydrogen) atoms. The summed E-state index contributed by atoms with van der Waals surface area (Å²) in [4.78, 5) is 37.6. The summed E-state index contributed by atoms with van der Waals surface area (Å²) in [6.45, 7) is 0. The van der Waals surface area contributed by atoms with Crippen molar-refractivity contribution in [3.8, 4) is 0 Å². The van der Waals surface area contributed by atoms with Gasteiger partial charge in [0, 0.05) is 24.2 Å². The Hall–Kier alpha value is -4.39. The summed E-state index contributed by atoms with van der Waals surface area (Å²) in [7, 11) is 0. The lowest BCUT2D eigenvalue weighted by molar-refractivity contribution is -0.384. The standard InChI is InChI=1S/C25H19Cl2N7O4S/c26-18-10-9-15(12-19(18)27)29-24(36)23(30-31-25(28)39)22-21(35)13-20(14-5-4-8-17(11-14)34(37)38)33(32-22)16-6-2-1-3-7-16/h1-12,20H,13H2,(H,29,36)(H3,28,31,39)/b30-23-/t20-/m1/s1. The number of halogens is 2. The number of hydrogen-bond donors (Lipinski definition) is 3. The van der Waals surface area contributed by atoms with E-state index in [9.17, 15) is 19.7 Å². The molecule has 0 aliphatic carbocycles. The number of hydrogen-bond acceptors (Lipinski definition) is 8. The minimum absolute atomic E-state index is 0.133. The van der Waals surface area contributed by atoms with Gasteiger partial charge in [-0.3, -0.25) is 30.1 Å². The normalized spacial score (nSPS) is 15.4. The number of nitrogens with zero attached hydrogens (tertiary/aromatic N) is 4. The summed E-state index contributed by atoms with van der Waals surface area (Å²) in [5.41, 5.74) is 8.39. The minimum atomic E-state index is -0.800. The molecule has 11 nitrogen and oxygen atoms in total. The Balaban J connectivity index is 1.79. The van der Waals surface area contributed by atoms with Gasteiger partial charge in [-0.1, -0.05) is 53.5 Å². The second kappa shape index (κ2) is 12.0. The van der Waals surface area contributed by atoms with Gasteiger partial charge in [-0.2, -0.15) is 10.2 Å². The topological polar surface area (TPSA) is 155 Å². The second-order valence-corrected chi connectivity index (χ2v) is 9.40. The van der Waals surface area contributed by atoms with Gasteiger partial charge >= 0.3 is 0 Å². The first-order valence-electron chi connectivity index (χ1n) is 11.2. The van der Waals surface area contributed by atoms with E-state index in [4.69, 9.17) is 41.2 Å². The fourth-order valence-electron chi connectivity index (χ4n) is 3.78. The maximum Gasteiger partial charge on any atom is 0.278 e. The molecule has 3 aromatic rings. The summed E-state index contributed by atoms with van der Waals surface area (Å²) in [5, 5.41) is 24.2. The molecule has 198 valence electrons. The maximum absolute atomic E-state index is 13.4. The number of nitro groups is 1. The van der Waals surface area contributed by atoms with Crippen LogP contribution in [0.3, 0.4) is 0 Å². The smallest absolute Gasteiger partial charge is 0.278 e. The van der Waals surface area contributed by atoms with Crippen molar-refractivity contribution in [1.82, 2.24) is 5.43 Å². The molecule has 0 spiro atoms. The largest absolute Gasteiger partial charge is 0.375 e. The Morgan fingerprint density at radius 3 is 2.51 bits per heavy atom. The lowest BCUT2D eigenvalue weighted by Gasteiger charge is -2.33. The highest BCUT2D eigenvalue weighted by Crippen LogP contribution is 2.35. The number of amides is 1. The van der Waals surface area contributed by atoms with Crippen LogP contribution in [0.2, 0.25) is 10.0 Å². The third-order valence-corrected chi connectivity index (χ3v) is 6.36. The molecule has 14 heteroatoms. The quantitative estimate of drug-likeness (QED) is 0.157. The van der Waals surface area contributed by atoms with Crippen molar-refractivity contribution >= 4 is 80.7 Å². The van der Waals surface area contributed by atoms with Crippen LogP contribution in [0.1, 0.15) is 18.0 Å². The number of ketones is 1. The lowest BCUT2D eigenvalue weighted by atomic mass is 9.94. The third kappa shape index (κ3) is 6.55. The molecule has 0 aromatic heterocycles. The highest BCUT2D eigenvalue weighted by atomic mass is 35.5. The summed E-state index contributed by atoms with van der Waals surface area (Å²) in [5.74, 6) is -1.34. The van der Waals surface area contributed by atoms with Crippen molar-refractivity contribution in [2.45, 2.75) is 12.5 Å². The summed E-state index contributed by atoms with van der Waals surface area (Å²) >= 11 is 16.8. The lowest BCUT2D eigenvalue weighted by Crippen LogP contribution is -2.44. The first-order chi connectivity index (χ1) is 18.6. The number of nitrogens with one attached hydrogen (secondary N) is 2. The SMILES string of the molecule is NC(=S)N/N=C(\C(=O)Nc1ccc(Cl)c(Cl)c1)C1=NN(c2ccccc2)[C@@H](c2cccc([N+](=O)[O-])c2)CC1=O. The van der Waals surface area contributed by atoms with E-state index in [0.717, 1.165) is 0 Å². The minimum Gasteiger partial charge on any atom is -0.375 e. The van der Waals surface area contributed by atoms with Crippen LogP contribution in [-0.2, 0) is 9.59 Å². The molecule has 0 saturated carbocycles. The monoisotopic (exact) mass is 583 g/mol. The Kier molecular flexibility index (Phi) is 8.49. The molecule has 0 unspecified atom stereocenters. The molecule has 0 radical (unpaired) electrons. The molecular formula is C25H19Cl2N7O4S. The average Bonchev–Trinajstić information content (AvgIpc) is 2.92. The van der Waals surface area contributed by atoms with Crippen LogP contribution >= 0.6 is 35.4 Å². The van der Waals surface area contributed by atoms with Crippen LogP contribution in [0.4, 0.5) is 17.1 Å². The molecule has 0 saturated heterocycles. The van der Waals surface area contributed by atoms with E-state index in [1.165, 1.54) is 41.4 Å². The van der Waals surface area contributed by atoms with Gasteiger partial charge in [0.2, 0.25) is 0 Å². The molecule has 1 heterocycles. The average molecular weight is 584 g/mol. The molecule has 1 aliphatic rings. The molecule has 0 bridgehead atoms. The summed E-state index contributed by atoms with van der Waals surface area (Å²) in [6, 6.07) is 18.5. The Labute approximate surface area is 237 Å². The maximum atomic E-state index is 13.4. The van der Waals surface area contributed by atoms with E-state index in [-0.39, 0.29) is 38.7 Å².